The van der Waals surface area contributed by atoms with Crippen molar-refractivity contribution >= 4 is 21.7 Å². The van der Waals surface area contributed by atoms with Gasteiger partial charge in [0.15, 0.2) is 0 Å². The van der Waals surface area contributed by atoms with Gasteiger partial charge in [-0.2, -0.15) is 0 Å². The van der Waals surface area contributed by atoms with Crippen molar-refractivity contribution in [1.29, 1.82) is 0 Å². The van der Waals surface area contributed by atoms with Gasteiger partial charge < -0.3 is 9.47 Å². The Kier molecular flexibility index (Phi) is 7.70. The topological polar surface area (TPSA) is 72.9 Å². The van der Waals surface area contributed by atoms with E-state index in [4.69, 9.17) is 9.47 Å². The van der Waals surface area contributed by atoms with E-state index in [1.807, 2.05) is 18.2 Å². The standard InChI is InChI=1S/C27H28FNO5S/c1-2-33-26(30)16-14-20-13-15-23(18-25(20)28)34-19-22-9-6-8-21-10-7-17-29(27(21)22)35(31,32)24-11-4-3-5-12-24/h3-6,8-9,11-13,15,18H,2,7,10,14,16-17,19H2,1H3. The van der Waals surface area contributed by atoms with E-state index in [2.05, 4.69) is 0 Å². The van der Waals surface area contributed by atoms with Gasteiger partial charge in [-0.25, -0.2) is 12.8 Å². The number of benzene rings is 3. The Balaban J connectivity index is 1.53. The Morgan fingerprint density at radius 3 is 2.57 bits per heavy atom. The number of halogens is 1. The third-order valence-corrected chi connectivity index (χ3v) is 7.73. The zero-order valence-electron chi connectivity index (χ0n) is 19.6. The van der Waals surface area contributed by atoms with E-state index >= 15 is 0 Å². The minimum Gasteiger partial charge on any atom is -0.489 e. The number of para-hydroxylation sites is 1. The second kappa shape index (κ2) is 10.9. The van der Waals surface area contributed by atoms with E-state index in [9.17, 15) is 17.6 Å². The van der Waals surface area contributed by atoms with E-state index < -0.39 is 15.8 Å². The van der Waals surface area contributed by atoms with Gasteiger partial charge in [0.05, 0.1) is 17.2 Å². The normalized spacial score (nSPS) is 13.3. The molecule has 1 heterocycles. The molecule has 3 aromatic carbocycles. The zero-order chi connectivity index (χ0) is 24.8. The molecule has 35 heavy (non-hydrogen) atoms. The van der Waals surface area contributed by atoms with Crippen molar-refractivity contribution in [3.05, 3.63) is 89.2 Å². The summed E-state index contributed by atoms with van der Waals surface area (Å²) in [6.45, 7) is 2.49. The fourth-order valence-corrected chi connectivity index (χ4v) is 5.82. The van der Waals surface area contributed by atoms with Gasteiger partial charge in [0.25, 0.3) is 10.0 Å². The summed E-state index contributed by atoms with van der Waals surface area (Å²) >= 11 is 0. The van der Waals surface area contributed by atoms with Crippen LogP contribution in [0.2, 0.25) is 0 Å². The lowest BCUT2D eigenvalue weighted by atomic mass is 10.00. The molecule has 0 aromatic heterocycles. The van der Waals surface area contributed by atoms with Crippen molar-refractivity contribution in [2.75, 3.05) is 17.5 Å². The maximum atomic E-state index is 14.6. The highest BCUT2D eigenvalue weighted by Gasteiger charge is 2.31. The minimum absolute atomic E-state index is 0.0889. The highest BCUT2D eigenvalue weighted by atomic mass is 32.2. The Morgan fingerprint density at radius 1 is 1.03 bits per heavy atom. The summed E-state index contributed by atoms with van der Waals surface area (Å²) in [5.41, 5.74) is 2.70. The Bertz CT molecular complexity index is 1290. The minimum atomic E-state index is -3.73. The molecule has 0 spiro atoms. The molecule has 4 rings (SSSR count). The molecule has 1 aliphatic heterocycles. The second-order valence-electron chi connectivity index (χ2n) is 8.27. The fraction of sp³-hybridized carbons (Fsp3) is 0.296. The smallest absolute Gasteiger partial charge is 0.306 e. The van der Waals surface area contributed by atoms with Crippen molar-refractivity contribution < 1.29 is 27.1 Å². The maximum absolute atomic E-state index is 14.6. The van der Waals surface area contributed by atoms with Gasteiger partial charge >= 0.3 is 5.97 Å². The molecule has 0 radical (unpaired) electrons. The van der Waals surface area contributed by atoms with Crippen LogP contribution in [0.3, 0.4) is 0 Å². The summed E-state index contributed by atoms with van der Waals surface area (Å²) in [5, 5.41) is 0. The zero-order valence-corrected chi connectivity index (χ0v) is 20.4. The predicted octanol–water partition coefficient (Wildman–Crippen LogP) is 5.04. The van der Waals surface area contributed by atoms with Crippen molar-refractivity contribution in [3.8, 4) is 5.75 Å². The molecule has 0 N–H and O–H groups in total. The molecule has 0 bridgehead atoms. The summed E-state index contributed by atoms with van der Waals surface area (Å²) in [6, 6.07) is 18.6. The summed E-state index contributed by atoms with van der Waals surface area (Å²) in [7, 11) is -3.73. The van der Waals surface area contributed by atoms with Crippen molar-refractivity contribution in [3.63, 3.8) is 0 Å². The van der Waals surface area contributed by atoms with E-state index in [0.717, 1.165) is 18.4 Å². The van der Waals surface area contributed by atoms with Crippen LogP contribution in [0.15, 0.2) is 71.6 Å². The molecule has 6 nitrogen and oxygen atoms in total. The molecule has 0 fully saturated rings. The van der Waals surface area contributed by atoms with Crippen LogP contribution in [0.25, 0.3) is 0 Å². The third-order valence-electron chi connectivity index (χ3n) is 5.91. The van der Waals surface area contributed by atoms with Crippen LogP contribution in [-0.2, 0) is 39.0 Å². The molecule has 8 heteroatoms. The molecule has 3 aromatic rings. The van der Waals surface area contributed by atoms with Gasteiger partial charge in [-0.1, -0.05) is 42.5 Å². The Morgan fingerprint density at radius 2 is 1.83 bits per heavy atom. The molecule has 0 unspecified atom stereocenters. The maximum Gasteiger partial charge on any atom is 0.306 e. The molecule has 184 valence electrons. The molecule has 1 aliphatic rings. The number of rotatable bonds is 9. The van der Waals surface area contributed by atoms with Crippen LogP contribution in [0.5, 0.6) is 5.75 Å². The lowest BCUT2D eigenvalue weighted by Crippen LogP contribution is -2.36. The molecule has 0 saturated heterocycles. The van der Waals surface area contributed by atoms with Crippen LogP contribution in [0.4, 0.5) is 10.1 Å². The first-order valence-electron chi connectivity index (χ1n) is 11.7. The van der Waals surface area contributed by atoms with Crippen LogP contribution in [-0.4, -0.2) is 27.5 Å². The first-order chi connectivity index (χ1) is 16.9. The van der Waals surface area contributed by atoms with E-state index in [-0.39, 0.29) is 30.3 Å². The monoisotopic (exact) mass is 497 g/mol. The summed E-state index contributed by atoms with van der Waals surface area (Å²) in [4.78, 5) is 11.8. The van der Waals surface area contributed by atoms with E-state index in [1.54, 1.807) is 49.4 Å². The number of anilines is 1. The van der Waals surface area contributed by atoms with Crippen molar-refractivity contribution in [1.82, 2.24) is 0 Å². The van der Waals surface area contributed by atoms with Gasteiger partial charge in [-0.3, -0.25) is 9.10 Å². The molecule has 0 saturated carbocycles. The van der Waals surface area contributed by atoms with Gasteiger partial charge in [0.1, 0.15) is 18.2 Å². The average Bonchev–Trinajstić information content (AvgIpc) is 2.87. The average molecular weight is 498 g/mol. The summed E-state index contributed by atoms with van der Waals surface area (Å²) in [5.74, 6) is -0.500. The summed E-state index contributed by atoms with van der Waals surface area (Å²) < 4.78 is 53.6. The first-order valence-corrected chi connectivity index (χ1v) is 13.1. The van der Waals surface area contributed by atoms with Gasteiger partial charge in [-0.15, -0.1) is 0 Å². The number of fused-ring (bicyclic) bond motifs is 1. The quantitative estimate of drug-likeness (QED) is 0.387. The van der Waals surface area contributed by atoms with Crippen molar-refractivity contribution in [2.45, 2.75) is 44.1 Å². The number of nitrogens with zero attached hydrogens (tertiary/aromatic N) is 1. The molecule has 0 amide bonds. The number of carbonyl (C=O) groups excluding carboxylic acids is 1. The SMILES string of the molecule is CCOC(=O)CCc1ccc(OCc2cccc3c2N(S(=O)(=O)c2ccccc2)CCC3)cc1F. The molecule has 0 atom stereocenters. The highest BCUT2D eigenvalue weighted by molar-refractivity contribution is 7.92. The van der Waals surface area contributed by atoms with E-state index in [1.165, 1.54) is 10.4 Å². The number of hydrogen-bond acceptors (Lipinski definition) is 5. The molecule has 0 aliphatic carbocycles. The Hall–Kier alpha value is -3.39. The highest BCUT2D eigenvalue weighted by Crippen LogP contribution is 2.35. The van der Waals surface area contributed by atoms with Crippen molar-refractivity contribution in [2.24, 2.45) is 0 Å². The number of aryl methyl sites for hydroxylation is 2. The predicted molar refractivity (Wildman–Crippen MR) is 131 cm³/mol. The number of hydrogen-bond donors (Lipinski definition) is 0. The van der Waals surface area contributed by atoms with Gasteiger partial charge in [0.2, 0.25) is 0 Å². The van der Waals surface area contributed by atoms with Gasteiger partial charge in [0, 0.05) is 24.6 Å². The van der Waals surface area contributed by atoms with Crippen LogP contribution in [0.1, 0.15) is 36.5 Å². The molecular formula is C27H28FNO5S. The first kappa shape index (κ1) is 24.7. The fourth-order valence-electron chi connectivity index (χ4n) is 4.22. The Labute approximate surface area is 205 Å². The van der Waals surface area contributed by atoms with Crippen LogP contribution < -0.4 is 9.04 Å². The lowest BCUT2D eigenvalue weighted by molar-refractivity contribution is -0.143. The third kappa shape index (κ3) is 5.65. The molecular weight excluding hydrogens is 469 g/mol. The largest absolute Gasteiger partial charge is 0.489 e. The summed E-state index contributed by atoms with van der Waals surface area (Å²) in [6.07, 6.45) is 1.84. The van der Waals surface area contributed by atoms with Crippen LogP contribution >= 0.6 is 0 Å². The number of sulfonamides is 1. The number of carbonyl (C=O) groups is 1. The van der Waals surface area contributed by atoms with Gasteiger partial charge in [-0.05, 0) is 55.5 Å². The lowest BCUT2D eigenvalue weighted by Gasteiger charge is -2.32. The number of ether oxygens (including phenoxy) is 2. The number of esters is 1. The second-order valence-corrected chi connectivity index (χ2v) is 10.1. The van der Waals surface area contributed by atoms with E-state index in [0.29, 0.717) is 35.7 Å². The van der Waals surface area contributed by atoms with Crippen LogP contribution in [0, 0.1) is 5.82 Å².